The van der Waals surface area contributed by atoms with E-state index < -0.39 is 158 Å². The predicted octanol–water partition coefficient (Wildman–Crippen LogP) is -3.03. The van der Waals surface area contributed by atoms with Crippen LogP contribution in [0.5, 0.6) is 5.75 Å². The third kappa shape index (κ3) is 29.5. The van der Waals surface area contributed by atoms with E-state index >= 15 is 0 Å². The molecule has 3 unspecified atom stereocenters. The van der Waals surface area contributed by atoms with Gasteiger partial charge in [0.15, 0.2) is 5.96 Å². The Kier molecular flexibility index (Phi) is 34.9. The van der Waals surface area contributed by atoms with Crippen LogP contribution in [0.2, 0.25) is 0 Å². The molecular weight excluding hydrogens is 1410 g/mol. The minimum absolute atomic E-state index is 0.00365. The molecule has 21 N–H and O–H groups in total. The maximum atomic E-state index is 14.9. The van der Waals surface area contributed by atoms with Crippen LogP contribution in [0, 0.1) is 11.8 Å². The molecule has 36 heteroatoms. The topological polar surface area (TPSA) is 562 Å². The fourth-order valence-corrected chi connectivity index (χ4v) is 12.8. The summed E-state index contributed by atoms with van der Waals surface area (Å²) in [6.45, 7) is 1.19. The van der Waals surface area contributed by atoms with Crippen molar-refractivity contribution in [2.24, 2.45) is 28.3 Å². The van der Waals surface area contributed by atoms with E-state index in [2.05, 4.69) is 57.8 Å². The molecule has 590 valence electrons. The fraction of sp³-hybridized carbons (Fsp3) is 0.528. The zero-order chi connectivity index (χ0) is 79.0. The molecule has 2 heterocycles. The van der Waals surface area contributed by atoms with Gasteiger partial charge in [0.25, 0.3) is 0 Å². The van der Waals surface area contributed by atoms with Crippen LogP contribution in [-0.2, 0) is 81.6 Å². The third-order valence-corrected chi connectivity index (χ3v) is 18.4. The predicted molar refractivity (Wildman–Crippen MR) is 391 cm³/mol. The Hall–Kier alpha value is -10.8. The number of carbonyl (C=O) groups excluding carboxylic acids is 9. The number of phenols is 1. The number of guanidine groups is 1. The number of phenolic OH excluding ortho intramolecular Hbond substituents is 1. The SMILES string of the molecule is CC(C)C[C@H](NC(=O)[C@H](Cc1ccc(O)cc1)NC(=O)C(CCCN=C(N)N)NC(=O)C(CO)NC(=O)C(Cc1ccccc1)NC(=O)[C@H](CC1CCCCC1)NC(=O)[C@H](CC(=O)O)NC(=O)CN1CCN(CC(=O)O)CCN(CC(=O)O)CC1)C(=O)N[C@@H](Cc1c[nH]c2ccccc12)C(=O)N[C@@H](CO)C(=O)O. The highest BCUT2D eigenvalue weighted by Gasteiger charge is 2.38. The number of aromatic amines is 1. The van der Waals surface area contributed by atoms with Crippen LogP contribution in [0.4, 0.5) is 0 Å². The second-order valence-electron chi connectivity index (χ2n) is 27.5. The lowest BCUT2D eigenvalue weighted by molar-refractivity contribution is -0.143. The summed E-state index contributed by atoms with van der Waals surface area (Å²) in [7, 11) is 0. The Bertz CT molecular complexity index is 3710. The summed E-state index contributed by atoms with van der Waals surface area (Å²) in [5.41, 5.74) is 13.3. The maximum absolute atomic E-state index is 14.9. The first-order valence-electron chi connectivity index (χ1n) is 35.9. The summed E-state index contributed by atoms with van der Waals surface area (Å²) < 4.78 is 0. The lowest BCUT2D eigenvalue weighted by Gasteiger charge is -2.30. The van der Waals surface area contributed by atoms with E-state index in [-0.39, 0.29) is 127 Å². The number of amides is 9. The van der Waals surface area contributed by atoms with Crippen molar-refractivity contribution in [3.05, 3.63) is 102 Å². The number of nitrogens with two attached hydrogens (primary N) is 2. The van der Waals surface area contributed by atoms with E-state index in [9.17, 15) is 98.1 Å². The molecule has 108 heavy (non-hydrogen) atoms. The van der Waals surface area contributed by atoms with Crippen molar-refractivity contribution in [2.75, 3.05) is 78.7 Å². The lowest BCUT2D eigenvalue weighted by atomic mass is 9.84. The molecule has 0 radical (unpaired) electrons. The Morgan fingerprint density at radius 3 is 1.46 bits per heavy atom. The number of aliphatic carboxylic acids is 4. The molecule has 1 saturated carbocycles. The van der Waals surface area contributed by atoms with Gasteiger partial charge in [-0.15, -0.1) is 0 Å². The third-order valence-electron chi connectivity index (χ3n) is 18.4. The fourth-order valence-electron chi connectivity index (χ4n) is 12.8. The Labute approximate surface area is 623 Å². The van der Waals surface area contributed by atoms with Crippen LogP contribution < -0.4 is 59.3 Å². The number of nitrogens with zero attached hydrogens (tertiary/aromatic N) is 4. The van der Waals surface area contributed by atoms with E-state index in [4.69, 9.17) is 11.5 Å². The van der Waals surface area contributed by atoms with Crippen molar-refractivity contribution >= 4 is 93.9 Å². The molecule has 2 aliphatic rings. The molecule has 9 amide bonds. The van der Waals surface area contributed by atoms with Crippen LogP contribution in [-0.4, -0.2) is 271 Å². The average Bonchev–Trinajstić information content (AvgIpc) is 1.73. The van der Waals surface area contributed by atoms with Gasteiger partial charge in [-0.05, 0) is 72.4 Å². The number of carboxylic acid groups (broad SMARTS) is 4. The summed E-state index contributed by atoms with van der Waals surface area (Å²) >= 11 is 0. The molecule has 4 aromatic rings. The Morgan fingerprint density at radius 2 is 0.935 bits per heavy atom. The van der Waals surface area contributed by atoms with Gasteiger partial charge in [-0.1, -0.05) is 107 Å². The van der Waals surface area contributed by atoms with Gasteiger partial charge < -0.3 is 100 Å². The number of aromatic hydroxyl groups is 1. The number of nitrogens with one attached hydrogen (secondary N) is 10. The second-order valence-corrected chi connectivity index (χ2v) is 27.5. The number of rotatable bonds is 42. The zero-order valence-corrected chi connectivity index (χ0v) is 60.5. The number of aromatic nitrogens is 1. The van der Waals surface area contributed by atoms with E-state index in [1.165, 1.54) is 24.3 Å². The molecule has 9 atom stereocenters. The minimum Gasteiger partial charge on any atom is -0.508 e. The van der Waals surface area contributed by atoms with Gasteiger partial charge in [0.1, 0.15) is 60.1 Å². The number of aliphatic imine (C=N–C) groups is 1. The summed E-state index contributed by atoms with van der Waals surface area (Å²) in [6, 6.07) is 6.33. The van der Waals surface area contributed by atoms with Gasteiger partial charge in [0.05, 0.1) is 39.3 Å². The number of para-hydroxylation sites is 1. The van der Waals surface area contributed by atoms with Gasteiger partial charge in [-0.3, -0.25) is 77.2 Å². The monoisotopic (exact) mass is 1510 g/mol. The largest absolute Gasteiger partial charge is 0.508 e. The first kappa shape index (κ1) is 86.1. The number of hydrogen-bond acceptors (Lipinski definition) is 20. The van der Waals surface area contributed by atoms with E-state index in [1.807, 2.05) is 0 Å². The molecule has 36 nitrogen and oxygen atoms in total. The summed E-state index contributed by atoms with van der Waals surface area (Å²) in [6.07, 6.45) is 3.33. The van der Waals surface area contributed by atoms with Gasteiger partial charge >= 0.3 is 23.9 Å². The standard InChI is InChI=1S/C72H102N16O20/c1-42(2)30-51(64(100)83-55(68(104)85-58(41-90)71(107)108)34-46-36-76-49-17-10-9-16-48(46)49)79-65(101)54(33-45-19-21-47(91)22-20-45)80-63(99)50(18-11-23-75-72(73)74)78-70(106)57(40-89)84-67(103)53(32-44-14-7-4-8-15-44)81-66(102)52(31-43-12-5-3-6-13-43)82-69(105)56(35-60(93)94)77-59(92)37-86-24-26-87(38-61(95)96)28-29-88(27-25-86)39-62(97)98/h4,7-10,14-17,19-22,36,42-43,50-58,76,89-91H,3,5-6,11-13,18,23-35,37-41H2,1-2H3,(H,77,92)(H,78,106)(H,79,101)(H,80,99)(H,81,102)(H,82,105)(H,83,100)(H,84,103)(H,85,104)(H,93,94)(H,95,96)(H,97,98)(H,107,108)(H4,73,74,75)/t50?,51-,52-,53?,54-,55-,56-,57?,58-/m0/s1. The summed E-state index contributed by atoms with van der Waals surface area (Å²) in [5, 5.41) is 93.4. The molecular formula is C72H102N16O20. The highest BCUT2D eigenvalue weighted by atomic mass is 16.4. The normalized spacial score (nSPS) is 16.4. The van der Waals surface area contributed by atoms with E-state index in [1.54, 1.807) is 89.3 Å². The van der Waals surface area contributed by atoms with E-state index in [0.717, 1.165) is 19.3 Å². The van der Waals surface area contributed by atoms with E-state index in [0.29, 0.717) is 40.4 Å². The molecule has 1 aromatic heterocycles. The number of hydrogen-bond donors (Lipinski definition) is 19. The minimum atomic E-state index is -1.87. The van der Waals surface area contributed by atoms with Crippen molar-refractivity contribution in [2.45, 2.75) is 152 Å². The highest BCUT2D eigenvalue weighted by Crippen LogP contribution is 2.28. The van der Waals surface area contributed by atoms with Gasteiger partial charge in [0.2, 0.25) is 53.2 Å². The highest BCUT2D eigenvalue weighted by molar-refractivity contribution is 5.99. The molecule has 1 aliphatic heterocycles. The number of aliphatic hydroxyl groups is 2. The molecule has 1 saturated heterocycles. The quantitative estimate of drug-likeness (QED) is 0.0119. The molecule has 0 spiro atoms. The van der Waals surface area contributed by atoms with Crippen molar-refractivity contribution in [1.29, 1.82) is 0 Å². The van der Waals surface area contributed by atoms with Gasteiger partial charge in [-0.25, -0.2) is 4.79 Å². The number of carboxylic acids is 4. The van der Waals surface area contributed by atoms with Crippen molar-refractivity contribution in [3.63, 3.8) is 0 Å². The zero-order valence-electron chi connectivity index (χ0n) is 60.5. The summed E-state index contributed by atoms with van der Waals surface area (Å²) in [4.78, 5) is 190. The van der Waals surface area contributed by atoms with Gasteiger partial charge in [0, 0.05) is 82.2 Å². The van der Waals surface area contributed by atoms with Crippen LogP contribution in [0.1, 0.15) is 94.7 Å². The average molecular weight is 1510 g/mol. The van der Waals surface area contributed by atoms with Gasteiger partial charge in [-0.2, -0.15) is 0 Å². The smallest absolute Gasteiger partial charge is 0.328 e. The molecule has 6 rings (SSSR count). The van der Waals surface area contributed by atoms with Crippen molar-refractivity contribution < 1.29 is 98.1 Å². The van der Waals surface area contributed by atoms with Crippen LogP contribution in [0.15, 0.2) is 90.1 Å². The number of carbonyl (C=O) groups is 13. The summed E-state index contributed by atoms with van der Waals surface area (Å²) in [5.74, 6) is -15.1. The van der Waals surface area contributed by atoms with Crippen molar-refractivity contribution in [3.8, 4) is 5.75 Å². The molecule has 0 bridgehead atoms. The second kappa shape index (κ2) is 43.7. The lowest BCUT2D eigenvalue weighted by Crippen LogP contribution is -2.61. The van der Waals surface area contributed by atoms with Crippen molar-refractivity contribution in [1.82, 2.24) is 67.5 Å². The number of benzene rings is 3. The number of H-pyrrole nitrogens is 1. The first-order valence-corrected chi connectivity index (χ1v) is 35.9. The Balaban J connectivity index is 1.24. The van der Waals surface area contributed by atoms with Crippen LogP contribution in [0.3, 0.4) is 0 Å². The Morgan fingerprint density at radius 1 is 0.491 bits per heavy atom. The van der Waals surface area contributed by atoms with Crippen LogP contribution >= 0.6 is 0 Å². The molecule has 3 aromatic carbocycles. The maximum Gasteiger partial charge on any atom is 0.328 e. The molecule has 2 fully saturated rings. The van der Waals surface area contributed by atoms with Crippen LogP contribution in [0.25, 0.3) is 10.9 Å². The first-order chi connectivity index (χ1) is 51.5. The number of fused-ring (bicyclic) bond motifs is 1. The number of aliphatic hydroxyl groups excluding tert-OH is 2. The molecule has 1 aliphatic carbocycles.